The molecule has 0 amide bonds. The van der Waals surface area contributed by atoms with Gasteiger partial charge in [0.05, 0.1) is 41.4 Å². The molecule has 0 aliphatic carbocycles. The second-order valence-electron chi connectivity index (χ2n) is 6.61. The molecule has 7 heteroatoms. The SMILES string of the molecule is COc1ccccc1Nc1sc(C(=O)c2ccc(C#N)cc2)c(N)c1-c1ccccn1. The Hall–Kier alpha value is -4.15. The highest BCUT2D eigenvalue weighted by atomic mass is 32.1. The van der Waals surface area contributed by atoms with Gasteiger partial charge in [-0.1, -0.05) is 18.2 Å². The van der Waals surface area contributed by atoms with Crippen LogP contribution in [0.25, 0.3) is 11.3 Å². The molecule has 0 atom stereocenters. The summed E-state index contributed by atoms with van der Waals surface area (Å²) in [5.74, 6) is 0.457. The van der Waals surface area contributed by atoms with E-state index in [9.17, 15) is 4.79 Å². The summed E-state index contributed by atoms with van der Waals surface area (Å²) >= 11 is 1.26. The first-order chi connectivity index (χ1) is 15.1. The Bertz CT molecular complexity index is 1280. The number of rotatable bonds is 6. The topological polar surface area (TPSA) is 101 Å². The van der Waals surface area contributed by atoms with Gasteiger partial charge in [0.25, 0.3) is 0 Å². The van der Waals surface area contributed by atoms with Crippen molar-refractivity contribution in [3.63, 3.8) is 0 Å². The monoisotopic (exact) mass is 426 g/mol. The van der Waals surface area contributed by atoms with E-state index in [0.717, 1.165) is 5.69 Å². The smallest absolute Gasteiger partial charge is 0.205 e. The summed E-state index contributed by atoms with van der Waals surface area (Å²) in [6.45, 7) is 0. The van der Waals surface area contributed by atoms with Crippen molar-refractivity contribution in [3.8, 4) is 23.1 Å². The normalized spacial score (nSPS) is 10.3. The zero-order chi connectivity index (χ0) is 21.8. The van der Waals surface area contributed by atoms with Crippen LogP contribution in [0.1, 0.15) is 20.8 Å². The van der Waals surface area contributed by atoms with E-state index in [1.165, 1.54) is 11.3 Å². The molecule has 4 rings (SSSR count). The van der Waals surface area contributed by atoms with Crippen LogP contribution in [-0.4, -0.2) is 17.9 Å². The van der Waals surface area contributed by atoms with Crippen molar-refractivity contribution in [2.75, 3.05) is 18.2 Å². The third-order valence-corrected chi connectivity index (χ3v) is 5.82. The van der Waals surface area contributed by atoms with Crippen molar-refractivity contribution in [3.05, 3.63) is 88.9 Å². The number of anilines is 3. The van der Waals surface area contributed by atoms with Crippen LogP contribution in [0.2, 0.25) is 0 Å². The van der Waals surface area contributed by atoms with Crippen molar-refractivity contribution in [2.24, 2.45) is 0 Å². The first-order valence-corrected chi connectivity index (χ1v) is 10.2. The fourth-order valence-electron chi connectivity index (χ4n) is 3.16. The molecule has 0 saturated heterocycles. The maximum atomic E-state index is 13.2. The second-order valence-corrected chi connectivity index (χ2v) is 7.63. The summed E-state index contributed by atoms with van der Waals surface area (Å²) in [5.41, 5.74) is 9.86. The minimum Gasteiger partial charge on any atom is -0.495 e. The summed E-state index contributed by atoms with van der Waals surface area (Å²) in [5, 5.41) is 13.0. The number of pyridine rings is 1. The van der Waals surface area contributed by atoms with Crippen LogP contribution in [0, 0.1) is 11.3 Å². The molecule has 0 aliphatic rings. The van der Waals surface area contributed by atoms with Gasteiger partial charge in [0.1, 0.15) is 15.6 Å². The first-order valence-electron chi connectivity index (χ1n) is 9.41. The number of hydrogen-bond donors (Lipinski definition) is 2. The Kier molecular flexibility index (Phi) is 5.65. The van der Waals surface area contributed by atoms with E-state index in [0.29, 0.717) is 43.7 Å². The lowest BCUT2D eigenvalue weighted by molar-refractivity contribution is 0.104. The number of carbonyl (C=O) groups excluding carboxylic acids is 1. The maximum absolute atomic E-state index is 13.2. The van der Waals surface area contributed by atoms with E-state index in [1.54, 1.807) is 37.6 Å². The number of ketones is 1. The highest BCUT2D eigenvalue weighted by Gasteiger charge is 2.24. The molecule has 2 aromatic carbocycles. The van der Waals surface area contributed by atoms with Crippen molar-refractivity contribution >= 4 is 33.5 Å². The molecule has 0 aliphatic heterocycles. The number of carbonyl (C=O) groups is 1. The molecule has 0 radical (unpaired) electrons. The number of nitrogens with two attached hydrogens (primary N) is 1. The molecule has 0 bridgehead atoms. The van der Waals surface area contributed by atoms with Gasteiger partial charge in [0.2, 0.25) is 5.78 Å². The standard InChI is InChI=1S/C24H18N4O2S/c1-30-19-8-3-2-6-17(19)28-24-20(18-7-4-5-13-27-18)21(26)23(31-24)22(29)16-11-9-15(14-25)10-12-16/h2-13,28H,26H2,1H3. The zero-order valence-electron chi connectivity index (χ0n) is 16.6. The summed E-state index contributed by atoms with van der Waals surface area (Å²) in [7, 11) is 1.60. The van der Waals surface area contributed by atoms with E-state index in [4.69, 9.17) is 15.7 Å². The van der Waals surface area contributed by atoms with Gasteiger partial charge in [0.15, 0.2) is 0 Å². The van der Waals surface area contributed by atoms with E-state index in [2.05, 4.69) is 16.4 Å². The molecule has 2 heterocycles. The van der Waals surface area contributed by atoms with Gasteiger partial charge in [0, 0.05) is 11.8 Å². The lowest BCUT2D eigenvalue weighted by atomic mass is 10.0. The van der Waals surface area contributed by atoms with Crippen LogP contribution in [0.4, 0.5) is 16.4 Å². The molecule has 31 heavy (non-hydrogen) atoms. The number of thiophene rings is 1. The molecule has 4 aromatic rings. The van der Waals surface area contributed by atoms with Crippen LogP contribution in [0.15, 0.2) is 72.9 Å². The molecule has 0 fully saturated rings. The van der Waals surface area contributed by atoms with Gasteiger partial charge in [-0.05, 0) is 48.5 Å². The first kappa shape index (κ1) is 20.1. The minimum absolute atomic E-state index is 0.211. The van der Waals surface area contributed by atoms with Gasteiger partial charge in [-0.2, -0.15) is 5.26 Å². The molecule has 0 spiro atoms. The summed E-state index contributed by atoms with van der Waals surface area (Å²) < 4.78 is 5.44. The largest absolute Gasteiger partial charge is 0.495 e. The number of methoxy groups -OCH3 is 1. The maximum Gasteiger partial charge on any atom is 0.205 e. The third-order valence-electron chi connectivity index (χ3n) is 4.70. The van der Waals surface area contributed by atoms with Crippen LogP contribution in [0.5, 0.6) is 5.75 Å². The van der Waals surface area contributed by atoms with E-state index in [1.807, 2.05) is 42.5 Å². The Morgan fingerprint density at radius 2 is 1.84 bits per heavy atom. The molecule has 0 unspecified atom stereocenters. The number of para-hydroxylation sites is 2. The molecule has 2 aromatic heterocycles. The van der Waals surface area contributed by atoms with Gasteiger partial charge in [-0.25, -0.2) is 0 Å². The molecular formula is C24H18N4O2S. The fourth-order valence-corrected chi connectivity index (χ4v) is 4.27. The molecule has 0 saturated carbocycles. The van der Waals surface area contributed by atoms with E-state index >= 15 is 0 Å². The van der Waals surface area contributed by atoms with Gasteiger partial charge < -0.3 is 15.8 Å². The molecule has 3 N–H and O–H groups in total. The lowest BCUT2D eigenvalue weighted by Gasteiger charge is -2.11. The predicted molar refractivity (Wildman–Crippen MR) is 123 cm³/mol. The molecular weight excluding hydrogens is 408 g/mol. The second kappa shape index (κ2) is 8.69. The molecule has 6 nitrogen and oxygen atoms in total. The van der Waals surface area contributed by atoms with Gasteiger partial charge in [-0.3, -0.25) is 9.78 Å². The number of nitrogen functional groups attached to an aromatic ring is 1. The number of nitrogens with zero attached hydrogens (tertiary/aromatic N) is 2. The summed E-state index contributed by atoms with van der Waals surface area (Å²) in [6, 6.07) is 21.6. The van der Waals surface area contributed by atoms with Crippen molar-refractivity contribution in [1.29, 1.82) is 5.26 Å². The Balaban J connectivity index is 1.82. The minimum atomic E-state index is -0.211. The highest BCUT2D eigenvalue weighted by Crippen LogP contribution is 2.45. The number of nitrogens with one attached hydrogen (secondary N) is 1. The average Bonchev–Trinajstić information content (AvgIpc) is 3.15. The Morgan fingerprint density at radius 1 is 1.10 bits per heavy atom. The average molecular weight is 427 g/mol. The highest BCUT2D eigenvalue weighted by molar-refractivity contribution is 7.19. The van der Waals surface area contributed by atoms with Crippen LogP contribution >= 0.6 is 11.3 Å². The van der Waals surface area contributed by atoms with Crippen LogP contribution in [0.3, 0.4) is 0 Å². The summed E-state index contributed by atoms with van der Waals surface area (Å²) in [6.07, 6.45) is 1.68. The van der Waals surface area contributed by atoms with Crippen molar-refractivity contribution < 1.29 is 9.53 Å². The van der Waals surface area contributed by atoms with Crippen LogP contribution in [-0.2, 0) is 0 Å². The predicted octanol–water partition coefficient (Wildman–Crippen LogP) is 5.25. The van der Waals surface area contributed by atoms with Crippen molar-refractivity contribution in [1.82, 2.24) is 4.98 Å². The summed E-state index contributed by atoms with van der Waals surface area (Å²) in [4.78, 5) is 18.0. The Labute approximate surface area is 183 Å². The number of aromatic nitrogens is 1. The van der Waals surface area contributed by atoms with Crippen LogP contribution < -0.4 is 15.8 Å². The number of nitriles is 1. The molecule has 152 valence electrons. The van der Waals surface area contributed by atoms with E-state index < -0.39 is 0 Å². The number of hydrogen-bond acceptors (Lipinski definition) is 7. The third kappa shape index (κ3) is 3.97. The van der Waals surface area contributed by atoms with E-state index in [-0.39, 0.29) is 5.78 Å². The fraction of sp³-hybridized carbons (Fsp3) is 0.0417. The van der Waals surface area contributed by atoms with Gasteiger partial charge in [-0.15, -0.1) is 11.3 Å². The van der Waals surface area contributed by atoms with Crippen molar-refractivity contribution in [2.45, 2.75) is 0 Å². The Morgan fingerprint density at radius 3 is 2.52 bits per heavy atom. The number of ether oxygens (including phenoxy) is 1. The lowest BCUT2D eigenvalue weighted by Crippen LogP contribution is -2.02. The van der Waals surface area contributed by atoms with Gasteiger partial charge >= 0.3 is 0 Å². The zero-order valence-corrected chi connectivity index (χ0v) is 17.4. The quantitative estimate of drug-likeness (QED) is 0.409. The number of benzene rings is 2.